The Morgan fingerprint density at radius 3 is 2.61 bits per heavy atom. The van der Waals surface area contributed by atoms with Crippen LogP contribution in [0.2, 0.25) is 0 Å². The Labute approximate surface area is 136 Å². The van der Waals surface area contributed by atoms with Gasteiger partial charge in [0, 0.05) is 36.0 Å². The number of benzodiazepines with no additional fused rings is 1. The van der Waals surface area contributed by atoms with Gasteiger partial charge in [0.25, 0.3) is 0 Å². The summed E-state index contributed by atoms with van der Waals surface area (Å²) in [6.07, 6.45) is -0.258. The van der Waals surface area contributed by atoms with Crippen LogP contribution >= 0.6 is 0 Å². The molecular formula is C19H20N2O2. The monoisotopic (exact) mass is 308 g/mol. The van der Waals surface area contributed by atoms with Crippen LogP contribution in [0.1, 0.15) is 23.0 Å². The van der Waals surface area contributed by atoms with Gasteiger partial charge < -0.3 is 14.4 Å². The minimum absolute atomic E-state index is 0.258. The van der Waals surface area contributed by atoms with Gasteiger partial charge in [-0.2, -0.15) is 0 Å². The highest BCUT2D eigenvalue weighted by molar-refractivity contribution is 6.16. The minimum atomic E-state index is -0.258. The molecule has 4 heteroatoms. The molecule has 2 aliphatic heterocycles. The van der Waals surface area contributed by atoms with E-state index in [4.69, 9.17) is 14.5 Å². The first-order valence-corrected chi connectivity index (χ1v) is 8.01. The molecule has 0 bridgehead atoms. The van der Waals surface area contributed by atoms with E-state index < -0.39 is 0 Å². The summed E-state index contributed by atoms with van der Waals surface area (Å²) in [6.45, 7) is 3.02. The van der Waals surface area contributed by atoms with Crippen molar-refractivity contribution in [2.45, 2.75) is 6.29 Å². The van der Waals surface area contributed by atoms with Crippen molar-refractivity contribution in [1.82, 2.24) is 0 Å². The predicted molar refractivity (Wildman–Crippen MR) is 91.3 cm³/mol. The number of ether oxygens (including phenoxy) is 2. The van der Waals surface area contributed by atoms with Crippen LogP contribution in [-0.4, -0.2) is 39.1 Å². The molecule has 0 aliphatic carbocycles. The maximum absolute atomic E-state index is 5.65. The number of nitrogens with zero attached hydrogens (tertiary/aromatic N) is 2. The van der Waals surface area contributed by atoms with Gasteiger partial charge in [-0.3, -0.25) is 4.99 Å². The normalized spacial score (nSPS) is 18.5. The molecule has 2 aliphatic rings. The van der Waals surface area contributed by atoms with Crippen LogP contribution in [0.3, 0.4) is 0 Å². The van der Waals surface area contributed by atoms with Gasteiger partial charge in [0.15, 0.2) is 6.29 Å². The van der Waals surface area contributed by atoms with Crippen LogP contribution < -0.4 is 4.90 Å². The number of rotatable bonds is 2. The number of benzene rings is 2. The van der Waals surface area contributed by atoms with Gasteiger partial charge in [0.05, 0.1) is 25.5 Å². The molecule has 1 saturated heterocycles. The second-order valence-corrected chi connectivity index (χ2v) is 5.87. The summed E-state index contributed by atoms with van der Waals surface area (Å²) in [5, 5.41) is 0. The van der Waals surface area contributed by atoms with E-state index in [1.54, 1.807) is 0 Å². The number of aliphatic imine (C=N–C) groups is 1. The molecule has 0 N–H and O–H groups in total. The fourth-order valence-electron chi connectivity index (χ4n) is 3.13. The van der Waals surface area contributed by atoms with Crippen molar-refractivity contribution in [3.05, 3.63) is 65.2 Å². The molecular weight excluding hydrogens is 288 g/mol. The van der Waals surface area contributed by atoms with Crippen molar-refractivity contribution in [3.8, 4) is 0 Å². The fraction of sp³-hybridized carbons (Fsp3) is 0.316. The standard InChI is InChI=1S/C19H20N2O2/c1-21-10-9-20-18(14-5-3-2-4-6-14)16-13-15(7-8-17(16)21)19-22-11-12-23-19/h2-8,13,19H,9-12H2,1H3. The van der Waals surface area contributed by atoms with Crippen LogP contribution in [0.5, 0.6) is 0 Å². The highest BCUT2D eigenvalue weighted by Gasteiger charge is 2.23. The van der Waals surface area contributed by atoms with Gasteiger partial charge in [-0.1, -0.05) is 36.4 Å². The molecule has 1 fully saturated rings. The lowest BCUT2D eigenvalue weighted by Crippen LogP contribution is -2.20. The minimum Gasteiger partial charge on any atom is -0.372 e. The van der Waals surface area contributed by atoms with E-state index in [0.29, 0.717) is 13.2 Å². The van der Waals surface area contributed by atoms with E-state index in [-0.39, 0.29) is 6.29 Å². The number of hydrogen-bond acceptors (Lipinski definition) is 4. The molecule has 2 heterocycles. The van der Waals surface area contributed by atoms with Crippen molar-refractivity contribution in [3.63, 3.8) is 0 Å². The molecule has 0 radical (unpaired) electrons. The maximum atomic E-state index is 5.65. The van der Waals surface area contributed by atoms with Crippen LogP contribution in [0, 0.1) is 0 Å². The molecule has 2 aromatic carbocycles. The van der Waals surface area contributed by atoms with E-state index in [2.05, 4.69) is 54.4 Å². The number of anilines is 1. The van der Waals surface area contributed by atoms with E-state index in [1.807, 2.05) is 6.07 Å². The Bertz CT molecular complexity index is 721. The van der Waals surface area contributed by atoms with Crippen molar-refractivity contribution in [2.24, 2.45) is 4.99 Å². The highest BCUT2D eigenvalue weighted by Crippen LogP contribution is 2.31. The van der Waals surface area contributed by atoms with Crippen molar-refractivity contribution >= 4 is 11.4 Å². The van der Waals surface area contributed by atoms with Crippen molar-refractivity contribution in [1.29, 1.82) is 0 Å². The van der Waals surface area contributed by atoms with Gasteiger partial charge in [0.2, 0.25) is 0 Å². The van der Waals surface area contributed by atoms with Gasteiger partial charge in [0.1, 0.15) is 0 Å². The average molecular weight is 308 g/mol. The Hall–Kier alpha value is -2.17. The first-order valence-electron chi connectivity index (χ1n) is 8.01. The van der Waals surface area contributed by atoms with Gasteiger partial charge in [-0.25, -0.2) is 0 Å². The maximum Gasteiger partial charge on any atom is 0.184 e. The summed E-state index contributed by atoms with van der Waals surface area (Å²) in [5.74, 6) is 0. The lowest BCUT2D eigenvalue weighted by Gasteiger charge is -2.21. The van der Waals surface area contributed by atoms with Crippen LogP contribution in [0.4, 0.5) is 5.69 Å². The quantitative estimate of drug-likeness (QED) is 0.855. The third kappa shape index (κ3) is 2.76. The third-order valence-electron chi connectivity index (χ3n) is 4.33. The van der Waals surface area contributed by atoms with Gasteiger partial charge in [-0.15, -0.1) is 0 Å². The first kappa shape index (κ1) is 14.4. The molecule has 2 aromatic rings. The Balaban J connectivity index is 1.82. The molecule has 0 amide bonds. The second-order valence-electron chi connectivity index (χ2n) is 5.87. The van der Waals surface area contributed by atoms with Crippen LogP contribution in [-0.2, 0) is 9.47 Å². The van der Waals surface area contributed by atoms with Crippen molar-refractivity contribution in [2.75, 3.05) is 38.3 Å². The summed E-state index contributed by atoms with van der Waals surface area (Å²) in [5.41, 5.74) is 5.60. The molecule has 118 valence electrons. The summed E-state index contributed by atoms with van der Waals surface area (Å²) < 4.78 is 11.3. The fourth-order valence-corrected chi connectivity index (χ4v) is 3.13. The second kappa shape index (κ2) is 6.14. The molecule has 4 rings (SSSR count). The van der Waals surface area contributed by atoms with E-state index in [9.17, 15) is 0 Å². The van der Waals surface area contributed by atoms with Gasteiger partial charge >= 0.3 is 0 Å². The molecule has 23 heavy (non-hydrogen) atoms. The molecule has 0 atom stereocenters. The molecule has 0 saturated carbocycles. The third-order valence-corrected chi connectivity index (χ3v) is 4.33. The van der Waals surface area contributed by atoms with Crippen LogP contribution in [0.15, 0.2) is 53.5 Å². The summed E-state index contributed by atoms with van der Waals surface area (Å²) >= 11 is 0. The first-order chi connectivity index (χ1) is 11.3. The zero-order valence-electron chi connectivity index (χ0n) is 13.2. The number of hydrogen-bond donors (Lipinski definition) is 0. The highest BCUT2D eigenvalue weighted by atomic mass is 16.7. The van der Waals surface area contributed by atoms with E-state index in [0.717, 1.165) is 35.5 Å². The Morgan fingerprint density at radius 1 is 1.04 bits per heavy atom. The predicted octanol–water partition coefficient (Wildman–Crippen LogP) is 3.02. The lowest BCUT2D eigenvalue weighted by atomic mass is 9.98. The number of fused-ring (bicyclic) bond motifs is 1. The van der Waals surface area contributed by atoms with Gasteiger partial charge in [-0.05, 0) is 12.1 Å². The molecule has 0 aromatic heterocycles. The van der Waals surface area contributed by atoms with Crippen LogP contribution in [0.25, 0.3) is 0 Å². The SMILES string of the molecule is CN1CCN=C(c2ccccc2)c2cc(C3OCCO3)ccc21. The summed E-state index contributed by atoms with van der Waals surface area (Å²) in [7, 11) is 2.12. The van der Waals surface area contributed by atoms with E-state index >= 15 is 0 Å². The topological polar surface area (TPSA) is 34.1 Å². The largest absolute Gasteiger partial charge is 0.372 e. The summed E-state index contributed by atoms with van der Waals surface area (Å²) in [4.78, 5) is 7.11. The molecule has 0 unspecified atom stereocenters. The smallest absolute Gasteiger partial charge is 0.184 e. The molecule has 0 spiro atoms. The van der Waals surface area contributed by atoms with E-state index in [1.165, 1.54) is 5.69 Å². The average Bonchev–Trinajstić information content (AvgIpc) is 3.08. The zero-order chi connectivity index (χ0) is 15.6. The molecule has 4 nitrogen and oxygen atoms in total. The number of likely N-dealkylation sites (N-methyl/N-ethyl adjacent to an activating group) is 1. The lowest BCUT2D eigenvalue weighted by molar-refractivity contribution is -0.0441. The zero-order valence-corrected chi connectivity index (χ0v) is 13.2. The Morgan fingerprint density at radius 2 is 1.83 bits per heavy atom. The van der Waals surface area contributed by atoms with Crippen molar-refractivity contribution < 1.29 is 9.47 Å². The summed E-state index contributed by atoms with van der Waals surface area (Å²) in [6, 6.07) is 16.8. The Kier molecular flexibility index (Phi) is 3.85.